The maximum atomic E-state index is 11.4. The molecule has 3 heterocycles. The molecule has 0 saturated carbocycles. The zero-order valence-corrected chi connectivity index (χ0v) is 12.4. The van der Waals surface area contributed by atoms with Crippen LogP contribution >= 0.6 is 15.9 Å². The van der Waals surface area contributed by atoms with Gasteiger partial charge in [-0.25, -0.2) is 4.98 Å². The number of hydrogen-bond acceptors (Lipinski definition) is 3. The number of nitrogens with zero attached hydrogens (tertiary/aromatic N) is 2. The lowest BCUT2D eigenvalue weighted by Crippen LogP contribution is -2.25. The van der Waals surface area contributed by atoms with Crippen molar-refractivity contribution in [2.75, 3.05) is 11.9 Å². The number of pyridine rings is 1. The lowest BCUT2D eigenvalue weighted by Gasteiger charge is -2.18. The number of anilines is 1. The molecule has 0 spiro atoms. The number of benzene rings is 1. The molecule has 104 valence electrons. The van der Waals surface area contributed by atoms with E-state index < -0.39 is 0 Å². The van der Waals surface area contributed by atoms with Gasteiger partial charge in [-0.3, -0.25) is 4.79 Å². The molecule has 0 unspecified atom stereocenters. The predicted molar refractivity (Wildman–Crippen MR) is 82.5 cm³/mol. The van der Waals surface area contributed by atoms with Gasteiger partial charge in [0.05, 0.1) is 11.4 Å². The Hall–Kier alpha value is -2.34. The van der Waals surface area contributed by atoms with E-state index in [-0.39, 0.29) is 12.5 Å². The second-order valence-corrected chi connectivity index (χ2v) is 5.70. The normalized spacial score (nSPS) is 13.7. The van der Waals surface area contributed by atoms with E-state index in [0.717, 1.165) is 21.4 Å². The minimum absolute atomic E-state index is 0.0642. The highest BCUT2D eigenvalue weighted by Crippen LogP contribution is 2.32. The van der Waals surface area contributed by atoms with Crippen LogP contribution in [0.2, 0.25) is 0 Å². The molecule has 2 aromatic heterocycles. The molecule has 1 aromatic carbocycles. The van der Waals surface area contributed by atoms with E-state index in [1.165, 1.54) is 0 Å². The van der Waals surface area contributed by atoms with E-state index in [2.05, 4.69) is 26.2 Å². The molecule has 4 rings (SSSR count). The standard InChI is InChI=1S/C15H10BrN3O2/c16-10-2-4-14-17-12(7-19(14)6-10)9-1-3-13-11(5-9)18-15(20)8-21-13/h1-7H,8H2,(H,18,20). The first-order valence-electron chi connectivity index (χ1n) is 6.40. The predicted octanol–water partition coefficient (Wildman–Crippen LogP) is 3.09. The Morgan fingerprint density at radius 3 is 3.05 bits per heavy atom. The second kappa shape index (κ2) is 4.60. The molecule has 1 N–H and O–H groups in total. The largest absolute Gasteiger partial charge is 0.482 e. The van der Waals surface area contributed by atoms with Gasteiger partial charge >= 0.3 is 0 Å². The van der Waals surface area contributed by atoms with E-state index in [9.17, 15) is 4.79 Å². The SMILES string of the molecule is O=C1COc2ccc(-c3cn4cc(Br)ccc4n3)cc2N1. The van der Waals surface area contributed by atoms with Crippen molar-refractivity contribution in [3.05, 3.63) is 47.2 Å². The first kappa shape index (κ1) is 12.4. The fraction of sp³-hybridized carbons (Fsp3) is 0.0667. The molecule has 1 amide bonds. The van der Waals surface area contributed by atoms with Gasteiger partial charge in [-0.15, -0.1) is 0 Å². The van der Waals surface area contributed by atoms with Gasteiger partial charge in [0.2, 0.25) is 0 Å². The molecular weight excluding hydrogens is 334 g/mol. The fourth-order valence-corrected chi connectivity index (χ4v) is 2.70. The third kappa shape index (κ3) is 2.17. The number of halogens is 1. The van der Waals surface area contributed by atoms with Crippen LogP contribution in [0.5, 0.6) is 5.75 Å². The van der Waals surface area contributed by atoms with Crippen molar-refractivity contribution in [3.63, 3.8) is 0 Å². The van der Waals surface area contributed by atoms with E-state index in [1.807, 2.05) is 47.1 Å². The van der Waals surface area contributed by atoms with Gasteiger partial charge in [0, 0.05) is 22.4 Å². The van der Waals surface area contributed by atoms with Crippen molar-refractivity contribution in [2.24, 2.45) is 0 Å². The average molecular weight is 344 g/mol. The summed E-state index contributed by atoms with van der Waals surface area (Å²) < 4.78 is 8.30. The van der Waals surface area contributed by atoms with Gasteiger partial charge in [-0.2, -0.15) is 0 Å². The lowest BCUT2D eigenvalue weighted by atomic mass is 10.1. The van der Waals surface area contributed by atoms with E-state index >= 15 is 0 Å². The number of carbonyl (C=O) groups is 1. The van der Waals surface area contributed by atoms with Gasteiger partial charge in [-0.05, 0) is 46.3 Å². The second-order valence-electron chi connectivity index (χ2n) is 4.79. The van der Waals surface area contributed by atoms with E-state index in [1.54, 1.807) is 0 Å². The number of ether oxygens (including phenoxy) is 1. The van der Waals surface area contributed by atoms with Gasteiger partial charge < -0.3 is 14.5 Å². The summed E-state index contributed by atoms with van der Waals surface area (Å²) >= 11 is 3.44. The third-order valence-corrected chi connectivity index (χ3v) is 3.79. The van der Waals surface area contributed by atoms with Crippen LogP contribution in [0.25, 0.3) is 16.9 Å². The topological polar surface area (TPSA) is 55.6 Å². The highest BCUT2D eigenvalue weighted by atomic mass is 79.9. The summed E-state index contributed by atoms with van der Waals surface area (Å²) in [6.07, 6.45) is 3.91. The van der Waals surface area contributed by atoms with Crippen LogP contribution in [0.15, 0.2) is 47.2 Å². The minimum Gasteiger partial charge on any atom is -0.482 e. The molecule has 1 aliphatic rings. The molecule has 0 radical (unpaired) electrons. The maximum absolute atomic E-state index is 11.4. The van der Waals surface area contributed by atoms with Crippen LogP contribution in [-0.2, 0) is 4.79 Å². The lowest BCUT2D eigenvalue weighted by molar-refractivity contribution is -0.118. The number of carbonyl (C=O) groups excluding carboxylic acids is 1. The Morgan fingerprint density at radius 2 is 2.14 bits per heavy atom. The number of rotatable bonds is 1. The molecule has 3 aromatic rings. The number of fused-ring (bicyclic) bond motifs is 2. The third-order valence-electron chi connectivity index (χ3n) is 3.32. The van der Waals surface area contributed by atoms with Gasteiger partial charge in [0.15, 0.2) is 6.61 Å². The molecule has 0 atom stereocenters. The highest BCUT2D eigenvalue weighted by molar-refractivity contribution is 9.10. The first-order chi connectivity index (χ1) is 10.2. The quantitative estimate of drug-likeness (QED) is 0.738. The van der Waals surface area contributed by atoms with Crippen LogP contribution in [0.1, 0.15) is 0 Å². The van der Waals surface area contributed by atoms with Crippen molar-refractivity contribution in [2.45, 2.75) is 0 Å². The van der Waals surface area contributed by atoms with Crippen molar-refractivity contribution >= 4 is 33.2 Å². The van der Waals surface area contributed by atoms with Crippen molar-refractivity contribution in [3.8, 4) is 17.0 Å². The Morgan fingerprint density at radius 1 is 1.24 bits per heavy atom. The van der Waals surface area contributed by atoms with E-state index in [0.29, 0.717) is 11.4 Å². The number of aromatic nitrogens is 2. The summed E-state index contributed by atoms with van der Waals surface area (Å²) in [6, 6.07) is 9.56. The van der Waals surface area contributed by atoms with Crippen LogP contribution in [0, 0.1) is 0 Å². The van der Waals surface area contributed by atoms with Crippen molar-refractivity contribution in [1.29, 1.82) is 0 Å². The summed E-state index contributed by atoms with van der Waals surface area (Å²) in [5.74, 6) is 0.545. The van der Waals surface area contributed by atoms with E-state index in [4.69, 9.17) is 4.74 Å². The molecule has 0 saturated heterocycles. The molecular formula is C15H10BrN3O2. The molecule has 1 aliphatic heterocycles. The van der Waals surface area contributed by atoms with Gasteiger partial charge in [0.1, 0.15) is 11.4 Å². The molecule has 21 heavy (non-hydrogen) atoms. The minimum atomic E-state index is -0.140. The summed E-state index contributed by atoms with van der Waals surface area (Å²) in [5.41, 5.74) is 3.32. The molecule has 6 heteroatoms. The molecule has 5 nitrogen and oxygen atoms in total. The number of amides is 1. The van der Waals surface area contributed by atoms with Crippen LogP contribution in [0.3, 0.4) is 0 Å². The smallest absolute Gasteiger partial charge is 0.262 e. The maximum Gasteiger partial charge on any atom is 0.262 e. The average Bonchev–Trinajstić information content (AvgIpc) is 2.89. The Bertz CT molecular complexity index is 872. The summed E-state index contributed by atoms with van der Waals surface area (Å²) in [7, 11) is 0. The van der Waals surface area contributed by atoms with Crippen LogP contribution < -0.4 is 10.1 Å². The van der Waals surface area contributed by atoms with Crippen molar-refractivity contribution in [1.82, 2.24) is 9.38 Å². The Kier molecular flexibility index (Phi) is 2.71. The Labute approximate surface area is 128 Å². The van der Waals surface area contributed by atoms with Crippen LogP contribution in [0.4, 0.5) is 5.69 Å². The first-order valence-corrected chi connectivity index (χ1v) is 7.20. The molecule has 0 fully saturated rings. The number of hydrogen-bond donors (Lipinski definition) is 1. The number of nitrogens with one attached hydrogen (secondary N) is 1. The molecule has 0 bridgehead atoms. The van der Waals surface area contributed by atoms with Gasteiger partial charge in [0.25, 0.3) is 5.91 Å². The van der Waals surface area contributed by atoms with Crippen LogP contribution in [-0.4, -0.2) is 21.9 Å². The highest BCUT2D eigenvalue weighted by Gasteiger charge is 2.17. The zero-order valence-electron chi connectivity index (χ0n) is 10.8. The monoisotopic (exact) mass is 343 g/mol. The Balaban J connectivity index is 1.81. The zero-order chi connectivity index (χ0) is 14.4. The number of imidazole rings is 1. The fourth-order valence-electron chi connectivity index (χ4n) is 2.35. The van der Waals surface area contributed by atoms with Crippen molar-refractivity contribution < 1.29 is 9.53 Å². The van der Waals surface area contributed by atoms with Gasteiger partial charge in [-0.1, -0.05) is 0 Å². The summed E-state index contributed by atoms with van der Waals surface area (Å²) in [4.78, 5) is 16.0. The summed E-state index contributed by atoms with van der Waals surface area (Å²) in [5, 5.41) is 2.81. The molecule has 0 aliphatic carbocycles. The summed E-state index contributed by atoms with van der Waals surface area (Å²) in [6.45, 7) is 0.0642.